The molecule has 2 rings (SSSR count). The first kappa shape index (κ1) is 22.5. The Balaban J connectivity index is 1.79. The fraction of sp³-hybridized carbons (Fsp3) is 0.412. The molecule has 0 bridgehead atoms. The molecule has 0 radical (unpaired) electrons. The number of hydrogen-bond acceptors (Lipinski definition) is 9. The second-order valence-corrected chi connectivity index (χ2v) is 8.96. The van der Waals surface area contributed by atoms with Crippen LogP contribution >= 0.6 is 0 Å². The van der Waals surface area contributed by atoms with E-state index in [0.29, 0.717) is 25.6 Å². The van der Waals surface area contributed by atoms with Gasteiger partial charge in [-0.15, -0.1) is 20.4 Å². The molecule has 2 amide bonds. The van der Waals surface area contributed by atoms with Crippen molar-refractivity contribution in [1.29, 1.82) is 0 Å². The van der Waals surface area contributed by atoms with Crippen molar-refractivity contribution in [2.24, 2.45) is 0 Å². The number of aromatic nitrogens is 4. The summed E-state index contributed by atoms with van der Waals surface area (Å²) in [5.74, 6) is -1.51. The SMILES string of the molecule is CO[Si](CCCNC(=O)c1nnc(C(=O)NCc2ccccc2)nn1)(OC)OC. The van der Waals surface area contributed by atoms with Gasteiger partial charge in [0.1, 0.15) is 0 Å². The van der Waals surface area contributed by atoms with Gasteiger partial charge in [-0.05, 0) is 12.0 Å². The van der Waals surface area contributed by atoms with Crippen LogP contribution in [0.25, 0.3) is 0 Å². The molecule has 0 unspecified atom stereocenters. The van der Waals surface area contributed by atoms with Gasteiger partial charge < -0.3 is 23.9 Å². The van der Waals surface area contributed by atoms with E-state index in [1.54, 1.807) is 0 Å². The van der Waals surface area contributed by atoms with Crippen molar-refractivity contribution in [2.45, 2.75) is 19.0 Å². The summed E-state index contributed by atoms with van der Waals surface area (Å²) in [5, 5.41) is 20.0. The van der Waals surface area contributed by atoms with Gasteiger partial charge in [0.05, 0.1) is 0 Å². The van der Waals surface area contributed by atoms with E-state index in [2.05, 4.69) is 31.0 Å². The smallest absolute Gasteiger partial charge is 0.377 e. The zero-order valence-electron chi connectivity index (χ0n) is 16.5. The van der Waals surface area contributed by atoms with E-state index < -0.39 is 20.6 Å². The zero-order chi connectivity index (χ0) is 21.1. The van der Waals surface area contributed by atoms with Crippen LogP contribution in [0.3, 0.4) is 0 Å². The largest absolute Gasteiger partial charge is 0.500 e. The third kappa shape index (κ3) is 6.64. The molecular weight excluding hydrogens is 396 g/mol. The van der Waals surface area contributed by atoms with Gasteiger partial charge in [-0.25, -0.2) is 0 Å². The number of carbonyl (C=O) groups excluding carboxylic acids is 2. The first-order valence-electron chi connectivity index (χ1n) is 8.86. The van der Waals surface area contributed by atoms with Crippen molar-refractivity contribution >= 4 is 20.6 Å². The van der Waals surface area contributed by atoms with Crippen LogP contribution in [-0.2, 0) is 19.8 Å². The molecule has 0 aliphatic carbocycles. The first-order chi connectivity index (χ1) is 14.0. The molecule has 0 aliphatic rings. The number of benzene rings is 1. The maximum Gasteiger partial charge on any atom is 0.500 e. The van der Waals surface area contributed by atoms with E-state index in [9.17, 15) is 9.59 Å². The quantitative estimate of drug-likeness (QED) is 0.385. The molecule has 2 N–H and O–H groups in total. The molecule has 0 atom stereocenters. The van der Waals surface area contributed by atoms with Gasteiger partial charge in [0.2, 0.25) is 0 Å². The van der Waals surface area contributed by atoms with Crippen LogP contribution in [0.1, 0.15) is 33.2 Å². The summed E-state index contributed by atoms with van der Waals surface area (Å²) in [6, 6.07) is 9.92. The monoisotopic (exact) mass is 420 g/mol. The van der Waals surface area contributed by atoms with E-state index in [4.69, 9.17) is 13.3 Å². The van der Waals surface area contributed by atoms with Crippen LogP contribution in [0.2, 0.25) is 6.04 Å². The van der Waals surface area contributed by atoms with Gasteiger partial charge in [-0.2, -0.15) is 0 Å². The Kier molecular flexibility index (Phi) is 8.73. The highest BCUT2D eigenvalue weighted by Crippen LogP contribution is 2.14. The lowest BCUT2D eigenvalue weighted by Crippen LogP contribution is -2.43. The predicted octanol–water partition coefficient (Wildman–Crippen LogP) is 0.195. The molecule has 29 heavy (non-hydrogen) atoms. The molecule has 1 heterocycles. The van der Waals surface area contributed by atoms with E-state index in [-0.39, 0.29) is 11.6 Å². The highest BCUT2D eigenvalue weighted by Gasteiger charge is 2.36. The highest BCUT2D eigenvalue weighted by atomic mass is 28.4. The Hall–Kier alpha value is -2.80. The normalized spacial score (nSPS) is 11.1. The van der Waals surface area contributed by atoms with E-state index in [0.717, 1.165) is 5.56 Å². The van der Waals surface area contributed by atoms with Crippen molar-refractivity contribution in [2.75, 3.05) is 27.9 Å². The summed E-state index contributed by atoms with van der Waals surface area (Å²) >= 11 is 0. The van der Waals surface area contributed by atoms with Crippen molar-refractivity contribution in [1.82, 2.24) is 31.0 Å². The highest BCUT2D eigenvalue weighted by molar-refractivity contribution is 6.60. The number of hydrogen-bond donors (Lipinski definition) is 2. The lowest BCUT2D eigenvalue weighted by atomic mass is 10.2. The van der Waals surface area contributed by atoms with E-state index >= 15 is 0 Å². The van der Waals surface area contributed by atoms with Gasteiger partial charge in [0.15, 0.2) is 0 Å². The average Bonchev–Trinajstić information content (AvgIpc) is 2.78. The molecule has 2 aromatic rings. The lowest BCUT2D eigenvalue weighted by molar-refractivity contribution is 0.0917. The molecule has 0 spiro atoms. The Morgan fingerprint density at radius 2 is 1.38 bits per heavy atom. The fourth-order valence-corrected chi connectivity index (χ4v) is 4.13. The van der Waals surface area contributed by atoms with Crippen molar-refractivity contribution < 1.29 is 22.9 Å². The minimum atomic E-state index is -2.67. The van der Waals surface area contributed by atoms with Crippen molar-refractivity contribution in [3.8, 4) is 0 Å². The van der Waals surface area contributed by atoms with Gasteiger partial charge in [0.25, 0.3) is 23.5 Å². The molecule has 1 aromatic heterocycles. The summed E-state index contributed by atoms with van der Waals surface area (Å²) in [4.78, 5) is 24.1. The minimum absolute atomic E-state index is 0.214. The Bertz CT molecular complexity index is 780. The summed E-state index contributed by atoms with van der Waals surface area (Å²) < 4.78 is 15.9. The topological polar surface area (TPSA) is 137 Å². The van der Waals surface area contributed by atoms with Crippen LogP contribution in [-0.4, -0.2) is 68.9 Å². The molecule has 12 heteroatoms. The second-order valence-electron chi connectivity index (χ2n) is 5.87. The molecular formula is C17H24N6O5Si. The number of nitrogens with zero attached hydrogens (tertiary/aromatic N) is 4. The fourth-order valence-electron chi connectivity index (χ4n) is 2.41. The summed E-state index contributed by atoms with van der Waals surface area (Å²) in [6.07, 6.45) is 0.578. The van der Waals surface area contributed by atoms with Crippen LogP contribution in [0.5, 0.6) is 0 Å². The summed E-state index contributed by atoms with van der Waals surface area (Å²) in [7, 11) is 1.91. The molecule has 0 fully saturated rings. The standard InChI is InChI=1S/C17H24N6O5Si/c1-26-29(27-2,28-3)11-7-10-18-16(24)14-20-22-15(23-21-14)17(25)19-12-13-8-5-4-6-9-13/h4-6,8-9H,7,10-12H2,1-3H3,(H,18,24)(H,19,25). The maximum atomic E-state index is 12.1. The van der Waals surface area contributed by atoms with Crippen LogP contribution in [0.15, 0.2) is 30.3 Å². The van der Waals surface area contributed by atoms with Crippen LogP contribution in [0.4, 0.5) is 0 Å². The summed E-state index contributed by atoms with van der Waals surface area (Å²) in [5.41, 5.74) is 0.931. The predicted molar refractivity (Wildman–Crippen MR) is 104 cm³/mol. The van der Waals surface area contributed by atoms with Gasteiger partial charge in [-0.3, -0.25) is 9.59 Å². The van der Waals surface area contributed by atoms with Gasteiger partial charge in [0, 0.05) is 40.5 Å². The molecule has 156 valence electrons. The zero-order valence-corrected chi connectivity index (χ0v) is 17.5. The molecule has 1 aromatic carbocycles. The number of rotatable bonds is 11. The number of amides is 2. The van der Waals surface area contributed by atoms with Crippen LogP contribution < -0.4 is 10.6 Å². The molecule has 0 aliphatic heterocycles. The first-order valence-corrected chi connectivity index (χ1v) is 10.8. The van der Waals surface area contributed by atoms with Gasteiger partial charge >= 0.3 is 8.80 Å². The van der Waals surface area contributed by atoms with Crippen molar-refractivity contribution in [3.63, 3.8) is 0 Å². The third-order valence-corrected chi connectivity index (χ3v) is 6.89. The number of nitrogens with one attached hydrogen (secondary N) is 2. The maximum absolute atomic E-state index is 12.1. The molecule has 0 saturated carbocycles. The lowest BCUT2D eigenvalue weighted by Gasteiger charge is -2.24. The minimum Gasteiger partial charge on any atom is -0.377 e. The molecule has 11 nitrogen and oxygen atoms in total. The second kappa shape index (κ2) is 11.3. The molecule has 0 saturated heterocycles. The van der Waals surface area contributed by atoms with Crippen molar-refractivity contribution in [3.05, 3.63) is 47.5 Å². The Morgan fingerprint density at radius 1 is 0.862 bits per heavy atom. The average molecular weight is 421 g/mol. The summed E-state index contributed by atoms with van der Waals surface area (Å²) in [6.45, 7) is 0.660. The Labute approximate surface area is 169 Å². The number of carbonyl (C=O) groups is 2. The third-order valence-electron chi connectivity index (χ3n) is 4.06. The van der Waals surface area contributed by atoms with E-state index in [1.165, 1.54) is 21.3 Å². The Morgan fingerprint density at radius 3 is 1.90 bits per heavy atom. The van der Waals surface area contributed by atoms with E-state index in [1.807, 2.05) is 30.3 Å². The van der Waals surface area contributed by atoms with Gasteiger partial charge in [-0.1, -0.05) is 30.3 Å². The van der Waals surface area contributed by atoms with Crippen LogP contribution in [0, 0.1) is 0 Å².